The molecular weight excluding hydrogens is 358 g/mol. The number of rotatable bonds is 7. The van der Waals surface area contributed by atoms with Crippen LogP contribution in [0.15, 0.2) is 23.4 Å². The first-order valence-electron chi connectivity index (χ1n) is 8.93. The molecule has 0 spiro atoms. The van der Waals surface area contributed by atoms with Crippen molar-refractivity contribution in [3.05, 3.63) is 23.4 Å². The van der Waals surface area contributed by atoms with Crippen molar-refractivity contribution in [2.24, 2.45) is 11.1 Å². The maximum absolute atomic E-state index is 10.2. The van der Waals surface area contributed by atoms with Gasteiger partial charge in [0.05, 0.1) is 20.8 Å². The van der Waals surface area contributed by atoms with Gasteiger partial charge in [-0.05, 0) is 24.8 Å². The predicted octanol–water partition coefficient (Wildman–Crippen LogP) is -0.661. The molecule has 9 heteroatoms. The van der Waals surface area contributed by atoms with Gasteiger partial charge in [-0.3, -0.25) is 0 Å². The highest BCUT2D eigenvalue weighted by atomic mass is 16.7. The Morgan fingerprint density at radius 2 is 1.89 bits per heavy atom. The molecule has 0 amide bonds. The molecule has 2 rings (SSSR count). The van der Waals surface area contributed by atoms with Crippen LogP contribution >= 0.6 is 0 Å². The molecule has 0 aromatic heterocycles. The normalized spacial score (nSPS) is 38.3. The van der Waals surface area contributed by atoms with Gasteiger partial charge in [-0.1, -0.05) is 6.92 Å². The average molecular weight is 389 g/mol. The van der Waals surface area contributed by atoms with Crippen molar-refractivity contribution in [3.63, 3.8) is 0 Å². The van der Waals surface area contributed by atoms with E-state index >= 15 is 0 Å². The van der Waals surface area contributed by atoms with Crippen LogP contribution in [0, 0.1) is 5.41 Å². The summed E-state index contributed by atoms with van der Waals surface area (Å²) in [4.78, 5) is 0. The lowest BCUT2D eigenvalue weighted by Gasteiger charge is -2.41. The number of ether oxygens (including phenoxy) is 4. The number of hydrogen-bond acceptors (Lipinski definition) is 9. The van der Waals surface area contributed by atoms with Crippen LogP contribution in [0.4, 0.5) is 0 Å². The lowest BCUT2D eigenvalue weighted by Crippen LogP contribution is -2.59. The largest absolute Gasteiger partial charge is 0.497 e. The summed E-state index contributed by atoms with van der Waals surface area (Å²) >= 11 is 0. The van der Waals surface area contributed by atoms with E-state index in [4.69, 9.17) is 24.7 Å². The van der Waals surface area contributed by atoms with Gasteiger partial charge in [-0.15, -0.1) is 0 Å². The number of methoxy groups -OCH3 is 2. The maximum Gasteiger partial charge on any atom is 0.229 e. The third-order valence-electron chi connectivity index (χ3n) is 4.86. The Labute approximate surface area is 159 Å². The maximum atomic E-state index is 10.2. The van der Waals surface area contributed by atoms with E-state index in [2.05, 4.69) is 0 Å². The van der Waals surface area contributed by atoms with Crippen LogP contribution in [0.3, 0.4) is 0 Å². The van der Waals surface area contributed by atoms with Crippen LogP contribution in [0.25, 0.3) is 0 Å². The fourth-order valence-corrected chi connectivity index (χ4v) is 3.61. The van der Waals surface area contributed by atoms with Crippen LogP contribution in [0.2, 0.25) is 0 Å². The standard InChI is InChI=1S/C18H31NO8/c1-9(19)5-18(2)6-10(24-3)16(11(7-18)25-4)27-17-15(23)14(22)13(21)12(8-20)26-17/h6,9,12-15,17,20-23H,5,7-8,19H2,1-4H3. The second-order valence-electron chi connectivity index (χ2n) is 7.50. The first-order valence-corrected chi connectivity index (χ1v) is 8.93. The Bertz CT molecular complexity index is 576. The molecule has 0 bridgehead atoms. The summed E-state index contributed by atoms with van der Waals surface area (Å²) in [6.07, 6.45) is -3.83. The van der Waals surface area contributed by atoms with Gasteiger partial charge in [0.2, 0.25) is 12.0 Å². The van der Waals surface area contributed by atoms with Gasteiger partial charge >= 0.3 is 0 Å². The molecule has 0 aromatic carbocycles. The molecule has 156 valence electrons. The molecule has 0 aromatic rings. The topological polar surface area (TPSA) is 144 Å². The average Bonchev–Trinajstić information content (AvgIpc) is 2.61. The molecule has 1 fully saturated rings. The van der Waals surface area contributed by atoms with Crippen molar-refractivity contribution >= 4 is 0 Å². The Kier molecular flexibility index (Phi) is 7.12. The lowest BCUT2D eigenvalue weighted by atomic mass is 9.77. The van der Waals surface area contributed by atoms with E-state index in [0.29, 0.717) is 24.4 Å². The van der Waals surface area contributed by atoms with E-state index in [1.54, 1.807) is 0 Å². The quantitative estimate of drug-likeness (QED) is 0.383. The third-order valence-corrected chi connectivity index (χ3v) is 4.86. The number of aliphatic hydroxyl groups excluding tert-OH is 4. The summed E-state index contributed by atoms with van der Waals surface area (Å²) in [5.74, 6) is 1.10. The highest BCUT2D eigenvalue weighted by Crippen LogP contribution is 2.42. The second-order valence-corrected chi connectivity index (χ2v) is 7.50. The summed E-state index contributed by atoms with van der Waals surface area (Å²) < 4.78 is 22.1. The first-order chi connectivity index (χ1) is 12.7. The molecule has 0 saturated carbocycles. The van der Waals surface area contributed by atoms with Crippen molar-refractivity contribution in [1.82, 2.24) is 0 Å². The molecule has 1 aliphatic heterocycles. The van der Waals surface area contributed by atoms with Crippen molar-refractivity contribution in [3.8, 4) is 0 Å². The lowest BCUT2D eigenvalue weighted by molar-refractivity contribution is -0.292. The fourth-order valence-electron chi connectivity index (χ4n) is 3.61. The van der Waals surface area contributed by atoms with Gasteiger partial charge in [0.15, 0.2) is 5.76 Å². The Morgan fingerprint density at radius 1 is 1.22 bits per heavy atom. The molecule has 7 atom stereocenters. The summed E-state index contributed by atoms with van der Waals surface area (Å²) in [7, 11) is 2.98. The summed E-state index contributed by atoms with van der Waals surface area (Å²) in [6, 6.07) is -0.0321. The Balaban J connectivity index is 2.29. The van der Waals surface area contributed by atoms with Gasteiger partial charge in [0, 0.05) is 12.5 Å². The van der Waals surface area contributed by atoms with E-state index in [1.807, 2.05) is 19.9 Å². The zero-order valence-electron chi connectivity index (χ0n) is 16.2. The molecule has 1 saturated heterocycles. The summed E-state index contributed by atoms with van der Waals surface area (Å²) in [5, 5.41) is 39.4. The second kappa shape index (κ2) is 8.76. The molecule has 27 heavy (non-hydrogen) atoms. The predicted molar refractivity (Wildman–Crippen MR) is 95.0 cm³/mol. The Hall–Kier alpha value is -1.36. The molecule has 7 unspecified atom stereocenters. The van der Waals surface area contributed by atoms with Crippen molar-refractivity contribution in [2.45, 2.75) is 63.4 Å². The number of allylic oxidation sites excluding steroid dienone is 2. The minimum atomic E-state index is -1.53. The molecule has 6 N–H and O–H groups in total. The van der Waals surface area contributed by atoms with E-state index < -0.39 is 37.3 Å². The molecule has 9 nitrogen and oxygen atoms in total. The molecule has 1 aliphatic carbocycles. The van der Waals surface area contributed by atoms with Crippen LogP contribution in [0.5, 0.6) is 0 Å². The smallest absolute Gasteiger partial charge is 0.229 e. The van der Waals surface area contributed by atoms with Crippen LogP contribution in [-0.4, -0.2) is 78.0 Å². The third kappa shape index (κ3) is 4.74. The molecule has 1 heterocycles. The molecule has 0 radical (unpaired) electrons. The van der Waals surface area contributed by atoms with E-state index in [9.17, 15) is 20.4 Å². The summed E-state index contributed by atoms with van der Waals surface area (Å²) in [6.45, 7) is 3.40. The number of nitrogens with two attached hydrogens (primary N) is 1. The van der Waals surface area contributed by atoms with Crippen molar-refractivity contribution in [2.75, 3.05) is 20.8 Å². The minimum Gasteiger partial charge on any atom is -0.497 e. The van der Waals surface area contributed by atoms with E-state index in [1.165, 1.54) is 14.2 Å². The monoisotopic (exact) mass is 389 g/mol. The fraction of sp³-hybridized carbons (Fsp3) is 0.778. The minimum absolute atomic E-state index is 0.0321. The molecular formula is C18H31NO8. The van der Waals surface area contributed by atoms with Crippen molar-refractivity contribution < 1.29 is 39.4 Å². The highest BCUT2D eigenvalue weighted by Gasteiger charge is 2.46. The highest BCUT2D eigenvalue weighted by molar-refractivity contribution is 5.32. The van der Waals surface area contributed by atoms with Crippen LogP contribution in [0.1, 0.15) is 26.7 Å². The van der Waals surface area contributed by atoms with E-state index in [-0.39, 0.29) is 17.2 Å². The number of hydrogen-bond donors (Lipinski definition) is 5. The van der Waals surface area contributed by atoms with Gasteiger partial charge in [0.1, 0.15) is 30.2 Å². The van der Waals surface area contributed by atoms with Crippen molar-refractivity contribution in [1.29, 1.82) is 0 Å². The van der Waals surface area contributed by atoms with Gasteiger partial charge < -0.3 is 45.1 Å². The number of aliphatic hydroxyl groups is 4. The SMILES string of the molecule is COC1=CC(C)(CC(C)N)CC(OC)=C1OC1OC(CO)C(O)C(O)C1O. The Morgan fingerprint density at radius 3 is 2.41 bits per heavy atom. The van der Waals surface area contributed by atoms with Gasteiger partial charge in [-0.2, -0.15) is 0 Å². The zero-order valence-corrected chi connectivity index (χ0v) is 16.2. The van der Waals surface area contributed by atoms with Gasteiger partial charge in [0.25, 0.3) is 0 Å². The van der Waals surface area contributed by atoms with Crippen LogP contribution < -0.4 is 5.73 Å². The zero-order chi connectivity index (χ0) is 20.4. The van der Waals surface area contributed by atoms with Gasteiger partial charge in [-0.25, -0.2) is 0 Å². The molecule has 2 aliphatic rings. The summed E-state index contributed by atoms with van der Waals surface area (Å²) in [5.41, 5.74) is 5.64. The van der Waals surface area contributed by atoms with E-state index in [0.717, 1.165) is 0 Å². The van der Waals surface area contributed by atoms with Crippen LogP contribution in [-0.2, 0) is 18.9 Å². The first kappa shape index (κ1) is 21.9.